The summed E-state index contributed by atoms with van der Waals surface area (Å²) < 4.78 is 1.22. The maximum Gasteiger partial charge on any atom is 0.0661 e. The van der Waals surface area contributed by atoms with Crippen molar-refractivity contribution in [2.24, 2.45) is 0 Å². The highest BCUT2D eigenvalue weighted by atomic mass is 79.9. The number of nitrogens with one attached hydrogen (secondary N) is 1. The lowest BCUT2D eigenvalue weighted by Crippen LogP contribution is -1.81. The van der Waals surface area contributed by atoms with Crippen LogP contribution in [0.2, 0.25) is 0 Å². The zero-order valence-electron chi connectivity index (χ0n) is 7.05. The van der Waals surface area contributed by atoms with E-state index in [-0.39, 0.29) is 0 Å². The maximum atomic E-state index is 4.03. The molecule has 0 bridgehead atoms. The van der Waals surface area contributed by atoms with E-state index in [2.05, 4.69) is 38.3 Å². The summed E-state index contributed by atoms with van der Waals surface area (Å²) in [6.07, 6.45) is 4.55. The fourth-order valence-electron chi connectivity index (χ4n) is 1.71. The lowest BCUT2D eigenvalue weighted by molar-refractivity contribution is 1.11. The third-order valence-electron chi connectivity index (χ3n) is 2.61. The van der Waals surface area contributed by atoms with Crippen LogP contribution in [0.1, 0.15) is 24.3 Å². The van der Waals surface area contributed by atoms with E-state index in [0.29, 0.717) is 0 Å². The van der Waals surface area contributed by atoms with Crippen LogP contribution in [-0.2, 0) is 0 Å². The van der Waals surface area contributed by atoms with Crippen LogP contribution >= 0.6 is 15.9 Å². The van der Waals surface area contributed by atoms with Gasteiger partial charge in [0.05, 0.1) is 11.7 Å². The average Bonchev–Trinajstić information content (AvgIpc) is 2.83. The lowest BCUT2D eigenvalue weighted by Gasteiger charge is -2.02. The summed E-state index contributed by atoms with van der Waals surface area (Å²) in [5.74, 6) is 0.786. The van der Waals surface area contributed by atoms with Gasteiger partial charge in [0.1, 0.15) is 0 Å². The van der Waals surface area contributed by atoms with Gasteiger partial charge in [-0.25, -0.2) is 0 Å². The van der Waals surface area contributed by atoms with Gasteiger partial charge in [0.15, 0.2) is 0 Å². The Hall–Kier alpha value is -0.830. The number of aromatic amines is 1. The van der Waals surface area contributed by atoms with E-state index in [1.165, 1.54) is 28.3 Å². The van der Waals surface area contributed by atoms with E-state index >= 15 is 0 Å². The minimum absolute atomic E-state index is 0.786. The van der Waals surface area contributed by atoms with Gasteiger partial charge in [-0.15, -0.1) is 0 Å². The summed E-state index contributed by atoms with van der Waals surface area (Å²) in [5, 5.41) is 8.19. The van der Waals surface area contributed by atoms with Crippen LogP contribution in [0, 0.1) is 0 Å². The number of halogens is 1. The number of nitrogens with zero attached hydrogens (tertiary/aromatic N) is 1. The molecule has 2 nitrogen and oxygen atoms in total. The van der Waals surface area contributed by atoms with Gasteiger partial charge in [0.25, 0.3) is 0 Å². The largest absolute Gasteiger partial charge is 0.278 e. The Labute approximate surface area is 84.5 Å². The molecule has 1 aromatic carbocycles. The molecule has 3 heteroatoms. The second-order valence-corrected chi connectivity index (χ2v) is 4.37. The topological polar surface area (TPSA) is 28.7 Å². The molecule has 0 atom stereocenters. The van der Waals surface area contributed by atoms with Crippen LogP contribution in [0.3, 0.4) is 0 Å². The molecule has 13 heavy (non-hydrogen) atoms. The SMILES string of the molecule is Brc1c(C2CC2)ccc2[nH]ncc12. The number of fused-ring (bicyclic) bond motifs is 1. The van der Waals surface area contributed by atoms with Gasteiger partial charge in [-0.3, -0.25) is 5.10 Å². The van der Waals surface area contributed by atoms with Crippen LogP contribution in [-0.4, -0.2) is 10.2 Å². The first kappa shape index (κ1) is 7.56. The standard InChI is InChI=1S/C10H9BrN2/c11-10-7(6-1-2-6)3-4-9-8(10)5-12-13-9/h3-6H,1-2H2,(H,12,13). The Morgan fingerprint density at radius 2 is 2.23 bits per heavy atom. The molecule has 1 aromatic heterocycles. The van der Waals surface area contributed by atoms with E-state index in [1.807, 2.05) is 6.20 Å². The molecule has 66 valence electrons. The van der Waals surface area contributed by atoms with Crippen LogP contribution in [0.5, 0.6) is 0 Å². The van der Waals surface area contributed by atoms with Crippen molar-refractivity contribution in [1.82, 2.24) is 10.2 Å². The van der Waals surface area contributed by atoms with Gasteiger partial charge in [-0.2, -0.15) is 5.10 Å². The third kappa shape index (κ3) is 1.10. The van der Waals surface area contributed by atoms with Crippen LogP contribution in [0.25, 0.3) is 10.9 Å². The first-order valence-corrected chi connectivity index (χ1v) is 5.27. The predicted octanol–water partition coefficient (Wildman–Crippen LogP) is 3.20. The minimum Gasteiger partial charge on any atom is -0.278 e. The second kappa shape index (κ2) is 2.58. The molecular formula is C10H9BrN2. The normalized spacial score (nSPS) is 16.7. The second-order valence-electron chi connectivity index (χ2n) is 3.57. The molecule has 0 amide bonds. The highest BCUT2D eigenvalue weighted by Crippen LogP contribution is 2.44. The Morgan fingerprint density at radius 3 is 3.00 bits per heavy atom. The van der Waals surface area contributed by atoms with E-state index in [9.17, 15) is 0 Å². The van der Waals surface area contributed by atoms with Gasteiger partial charge in [-0.05, 0) is 46.3 Å². The van der Waals surface area contributed by atoms with Crippen molar-refractivity contribution >= 4 is 26.8 Å². The lowest BCUT2D eigenvalue weighted by atomic mass is 10.1. The maximum absolute atomic E-state index is 4.03. The van der Waals surface area contributed by atoms with E-state index in [1.54, 1.807) is 0 Å². The molecule has 2 aromatic rings. The van der Waals surface area contributed by atoms with Crippen molar-refractivity contribution in [2.45, 2.75) is 18.8 Å². The fraction of sp³-hybridized carbons (Fsp3) is 0.300. The Kier molecular flexibility index (Phi) is 1.50. The van der Waals surface area contributed by atoms with Gasteiger partial charge >= 0.3 is 0 Å². The fourth-order valence-corrected chi connectivity index (χ4v) is 2.48. The number of benzene rings is 1. The van der Waals surface area contributed by atoms with E-state index in [0.717, 1.165) is 11.4 Å². The zero-order chi connectivity index (χ0) is 8.84. The molecule has 0 saturated heterocycles. The number of rotatable bonds is 1. The number of hydrogen-bond donors (Lipinski definition) is 1. The molecule has 1 fully saturated rings. The zero-order valence-corrected chi connectivity index (χ0v) is 8.63. The molecule has 0 spiro atoms. The molecule has 0 aliphatic heterocycles. The number of hydrogen-bond acceptors (Lipinski definition) is 1. The monoisotopic (exact) mass is 236 g/mol. The highest BCUT2D eigenvalue weighted by Gasteiger charge is 2.26. The molecule has 1 aliphatic carbocycles. The van der Waals surface area contributed by atoms with E-state index in [4.69, 9.17) is 0 Å². The van der Waals surface area contributed by atoms with Crippen molar-refractivity contribution in [3.05, 3.63) is 28.4 Å². The number of aromatic nitrogens is 2. The molecule has 0 radical (unpaired) electrons. The van der Waals surface area contributed by atoms with Crippen molar-refractivity contribution < 1.29 is 0 Å². The molecule has 1 N–H and O–H groups in total. The first-order chi connectivity index (χ1) is 6.36. The summed E-state index contributed by atoms with van der Waals surface area (Å²) in [5.41, 5.74) is 2.55. The van der Waals surface area contributed by atoms with E-state index < -0.39 is 0 Å². The van der Waals surface area contributed by atoms with Gasteiger partial charge in [-0.1, -0.05) is 6.07 Å². The molecule has 3 rings (SSSR count). The molecule has 0 unspecified atom stereocenters. The molecular weight excluding hydrogens is 228 g/mol. The van der Waals surface area contributed by atoms with Crippen molar-refractivity contribution in [2.75, 3.05) is 0 Å². The van der Waals surface area contributed by atoms with Crippen LogP contribution in [0.15, 0.2) is 22.8 Å². The van der Waals surface area contributed by atoms with Crippen LogP contribution < -0.4 is 0 Å². The number of H-pyrrole nitrogens is 1. The molecule has 1 heterocycles. The van der Waals surface area contributed by atoms with Crippen LogP contribution in [0.4, 0.5) is 0 Å². The highest BCUT2D eigenvalue weighted by molar-refractivity contribution is 9.10. The van der Waals surface area contributed by atoms with Crippen molar-refractivity contribution in [3.8, 4) is 0 Å². The smallest absolute Gasteiger partial charge is 0.0661 e. The Morgan fingerprint density at radius 1 is 1.38 bits per heavy atom. The molecule has 1 aliphatic rings. The quantitative estimate of drug-likeness (QED) is 0.810. The summed E-state index contributed by atoms with van der Waals surface area (Å²) in [7, 11) is 0. The molecule has 1 saturated carbocycles. The summed E-state index contributed by atoms with van der Waals surface area (Å²) in [6.45, 7) is 0. The van der Waals surface area contributed by atoms with Gasteiger partial charge in [0.2, 0.25) is 0 Å². The first-order valence-electron chi connectivity index (χ1n) is 4.48. The Bertz CT molecular complexity index is 457. The van der Waals surface area contributed by atoms with Gasteiger partial charge < -0.3 is 0 Å². The minimum atomic E-state index is 0.786. The summed E-state index contributed by atoms with van der Waals surface area (Å²) in [6, 6.07) is 4.31. The average molecular weight is 237 g/mol. The van der Waals surface area contributed by atoms with Gasteiger partial charge in [0, 0.05) is 9.86 Å². The predicted molar refractivity (Wildman–Crippen MR) is 55.8 cm³/mol. The third-order valence-corrected chi connectivity index (χ3v) is 3.49. The Balaban J connectivity index is 2.30. The van der Waals surface area contributed by atoms with Crippen molar-refractivity contribution in [1.29, 1.82) is 0 Å². The van der Waals surface area contributed by atoms with Crippen molar-refractivity contribution in [3.63, 3.8) is 0 Å². The summed E-state index contributed by atoms with van der Waals surface area (Å²) >= 11 is 3.64. The summed E-state index contributed by atoms with van der Waals surface area (Å²) in [4.78, 5) is 0.